The van der Waals surface area contributed by atoms with Gasteiger partial charge in [-0.25, -0.2) is 0 Å². The Balaban J connectivity index is 1.86. The smallest absolute Gasteiger partial charge is 0.313 e. The summed E-state index contributed by atoms with van der Waals surface area (Å²) in [5.41, 5.74) is 3.30. The molecule has 1 heterocycles. The van der Waals surface area contributed by atoms with E-state index in [4.69, 9.17) is 0 Å². The van der Waals surface area contributed by atoms with E-state index in [1.54, 1.807) is 18.7 Å². The molecule has 0 aliphatic rings. The summed E-state index contributed by atoms with van der Waals surface area (Å²) >= 11 is 0. The minimum absolute atomic E-state index is 0.0838. The lowest BCUT2D eigenvalue weighted by molar-refractivity contribution is -0.136. The van der Waals surface area contributed by atoms with E-state index in [0.717, 1.165) is 18.5 Å². The van der Waals surface area contributed by atoms with Crippen molar-refractivity contribution >= 4 is 17.5 Å². The number of hydrogen-bond acceptors (Lipinski definition) is 3. The zero-order valence-electron chi connectivity index (χ0n) is 14.6. The number of nitrogens with one attached hydrogen (secondary N) is 2. The van der Waals surface area contributed by atoms with Crippen molar-refractivity contribution in [1.82, 2.24) is 15.1 Å². The van der Waals surface area contributed by atoms with Crippen molar-refractivity contribution in [1.29, 1.82) is 0 Å². The molecule has 1 aromatic heterocycles. The van der Waals surface area contributed by atoms with Crippen molar-refractivity contribution in [2.75, 3.05) is 5.32 Å². The van der Waals surface area contributed by atoms with Crippen LogP contribution in [0.5, 0.6) is 0 Å². The second-order valence-corrected chi connectivity index (χ2v) is 6.02. The third-order valence-electron chi connectivity index (χ3n) is 4.04. The molecule has 0 aliphatic carbocycles. The number of aryl methyl sites for hydroxylation is 3. The lowest BCUT2D eigenvalue weighted by Crippen LogP contribution is -2.40. The Morgan fingerprint density at radius 1 is 1.17 bits per heavy atom. The van der Waals surface area contributed by atoms with E-state index in [1.807, 2.05) is 32.0 Å². The molecule has 6 heteroatoms. The van der Waals surface area contributed by atoms with E-state index in [2.05, 4.69) is 27.9 Å². The number of carbonyl (C=O) groups is 2. The number of hydrogen-bond donors (Lipinski definition) is 2. The van der Waals surface area contributed by atoms with Crippen LogP contribution in [0.1, 0.15) is 30.3 Å². The first-order valence-electron chi connectivity index (χ1n) is 8.04. The van der Waals surface area contributed by atoms with Crippen LogP contribution >= 0.6 is 0 Å². The van der Waals surface area contributed by atoms with E-state index < -0.39 is 11.8 Å². The van der Waals surface area contributed by atoms with Crippen LogP contribution in [0.15, 0.2) is 30.3 Å². The van der Waals surface area contributed by atoms with Gasteiger partial charge in [-0.05, 0) is 39.2 Å². The van der Waals surface area contributed by atoms with Gasteiger partial charge < -0.3 is 10.6 Å². The van der Waals surface area contributed by atoms with Crippen LogP contribution in [0.2, 0.25) is 0 Å². The van der Waals surface area contributed by atoms with Gasteiger partial charge in [-0.2, -0.15) is 5.10 Å². The van der Waals surface area contributed by atoms with Gasteiger partial charge in [0.1, 0.15) is 0 Å². The molecule has 128 valence electrons. The van der Waals surface area contributed by atoms with Crippen molar-refractivity contribution in [2.24, 2.45) is 7.05 Å². The maximum atomic E-state index is 12.1. The number of anilines is 1. The summed E-state index contributed by atoms with van der Waals surface area (Å²) in [6.07, 6.45) is 1.62. The normalized spacial score (nSPS) is 11.8. The lowest BCUT2D eigenvalue weighted by atomic mass is 10.1. The largest absolute Gasteiger partial charge is 0.345 e. The minimum Gasteiger partial charge on any atom is -0.345 e. The Labute approximate surface area is 142 Å². The number of nitrogens with zero attached hydrogens (tertiary/aromatic N) is 2. The Morgan fingerprint density at radius 2 is 1.83 bits per heavy atom. The van der Waals surface area contributed by atoms with E-state index in [1.165, 1.54) is 5.56 Å². The molecule has 0 spiro atoms. The van der Waals surface area contributed by atoms with Gasteiger partial charge in [-0.3, -0.25) is 14.3 Å². The summed E-state index contributed by atoms with van der Waals surface area (Å²) in [4.78, 5) is 24.1. The SMILES string of the molecule is Cc1nn(C)c(C)c1NC(=O)C(=O)N[C@H](C)CCc1ccccc1. The van der Waals surface area contributed by atoms with Crippen LogP contribution in [-0.4, -0.2) is 27.6 Å². The minimum atomic E-state index is -0.666. The Kier molecular flexibility index (Phi) is 5.73. The van der Waals surface area contributed by atoms with Crippen molar-refractivity contribution in [2.45, 2.75) is 39.7 Å². The van der Waals surface area contributed by atoms with Crippen LogP contribution in [0.3, 0.4) is 0 Å². The van der Waals surface area contributed by atoms with Gasteiger partial charge in [0.05, 0.1) is 17.1 Å². The van der Waals surface area contributed by atoms with Crippen molar-refractivity contribution < 1.29 is 9.59 Å². The second kappa shape index (κ2) is 7.77. The van der Waals surface area contributed by atoms with Gasteiger partial charge in [-0.1, -0.05) is 30.3 Å². The number of carbonyl (C=O) groups excluding carboxylic acids is 2. The van der Waals surface area contributed by atoms with E-state index in [9.17, 15) is 9.59 Å². The lowest BCUT2D eigenvalue weighted by Gasteiger charge is -2.14. The molecule has 0 saturated carbocycles. The number of rotatable bonds is 5. The number of benzene rings is 1. The molecule has 0 radical (unpaired) electrons. The summed E-state index contributed by atoms with van der Waals surface area (Å²) in [6.45, 7) is 5.54. The van der Waals surface area contributed by atoms with E-state index in [-0.39, 0.29) is 6.04 Å². The van der Waals surface area contributed by atoms with Crippen LogP contribution in [0.4, 0.5) is 5.69 Å². The van der Waals surface area contributed by atoms with Gasteiger partial charge >= 0.3 is 11.8 Å². The summed E-state index contributed by atoms with van der Waals surface area (Å²) < 4.78 is 1.67. The molecule has 0 fully saturated rings. The zero-order valence-corrected chi connectivity index (χ0v) is 14.6. The highest BCUT2D eigenvalue weighted by molar-refractivity contribution is 6.39. The Morgan fingerprint density at radius 3 is 2.42 bits per heavy atom. The average Bonchev–Trinajstić information content (AvgIpc) is 2.80. The van der Waals surface area contributed by atoms with Crippen LogP contribution in [0.25, 0.3) is 0 Å². The molecule has 6 nitrogen and oxygen atoms in total. The summed E-state index contributed by atoms with van der Waals surface area (Å²) in [7, 11) is 1.80. The van der Waals surface area contributed by atoms with Gasteiger partial charge in [0.15, 0.2) is 0 Å². The highest BCUT2D eigenvalue weighted by Crippen LogP contribution is 2.18. The van der Waals surface area contributed by atoms with E-state index in [0.29, 0.717) is 11.4 Å². The van der Waals surface area contributed by atoms with Crippen LogP contribution in [0, 0.1) is 13.8 Å². The molecule has 1 aromatic carbocycles. The Hall–Kier alpha value is -2.63. The molecule has 1 atom stereocenters. The summed E-state index contributed by atoms with van der Waals surface area (Å²) in [5.74, 6) is -1.29. The predicted octanol–water partition coefficient (Wildman–Crippen LogP) is 2.11. The highest BCUT2D eigenvalue weighted by atomic mass is 16.2. The Bertz CT molecular complexity index is 722. The number of aromatic nitrogens is 2. The zero-order chi connectivity index (χ0) is 17.7. The van der Waals surface area contributed by atoms with E-state index >= 15 is 0 Å². The predicted molar refractivity (Wildman–Crippen MR) is 93.7 cm³/mol. The first-order chi connectivity index (χ1) is 11.4. The topological polar surface area (TPSA) is 76.0 Å². The molecular weight excluding hydrogens is 304 g/mol. The monoisotopic (exact) mass is 328 g/mol. The number of amides is 2. The maximum Gasteiger partial charge on any atom is 0.313 e. The molecular formula is C18H24N4O2. The highest BCUT2D eigenvalue weighted by Gasteiger charge is 2.19. The van der Waals surface area contributed by atoms with Gasteiger partial charge in [-0.15, -0.1) is 0 Å². The molecule has 0 unspecified atom stereocenters. The molecule has 2 aromatic rings. The second-order valence-electron chi connectivity index (χ2n) is 6.02. The molecule has 2 N–H and O–H groups in total. The van der Waals surface area contributed by atoms with Crippen molar-refractivity contribution in [3.05, 3.63) is 47.3 Å². The molecule has 0 aliphatic heterocycles. The fourth-order valence-electron chi connectivity index (χ4n) is 2.51. The first kappa shape index (κ1) is 17.7. The fourth-order valence-corrected chi connectivity index (χ4v) is 2.51. The van der Waals surface area contributed by atoms with Crippen molar-refractivity contribution in [3.8, 4) is 0 Å². The summed E-state index contributed by atoms with van der Waals surface area (Å²) in [5, 5.41) is 9.60. The molecule has 0 bridgehead atoms. The van der Waals surface area contributed by atoms with Gasteiger partial charge in [0.2, 0.25) is 0 Å². The van der Waals surface area contributed by atoms with Gasteiger partial charge in [0, 0.05) is 13.1 Å². The van der Waals surface area contributed by atoms with Gasteiger partial charge in [0.25, 0.3) is 0 Å². The molecule has 2 rings (SSSR count). The van der Waals surface area contributed by atoms with Crippen LogP contribution in [-0.2, 0) is 23.1 Å². The van der Waals surface area contributed by atoms with Crippen LogP contribution < -0.4 is 10.6 Å². The fraction of sp³-hybridized carbons (Fsp3) is 0.389. The molecule has 0 saturated heterocycles. The standard InChI is InChI=1S/C18H24N4O2/c1-12(10-11-15-8-6-5-7-9-15)19-17(23)18(24)20-16-13(2)21-22(4)14(16)3/h5-9,12H,10-11H2,1-4H3,(H,19,23)(H,20,24)/t12-/m1/s1. The average molecular weight is 328 g/mol. The third-order valence-corrected chi connectivity index (χ3v) is 4.04. The first-order valence-corrected chi connectivity index (χ1v) is 8.04. The molecule has 24 heavy (non-hydrogen) atoms. The molecule has 2 amide bonds. The summed E-state index contributed by atoms with van der Waals surface area (Å²) in [6, 6.07) is 9.97. The third kappa shape index (κ3) is 4.44. The van der Waals surface area contributed by atoms with Crippen molar-refractivity contribution in [3.63, 3.8) is 0 Å². The maximum absolute atomic E-state index is 12.1. The quantitative estimate of drug-likeness (QED) is 0.826.